The quantitative estimate of drug-likeness (QED) is 0.595. The van der Waals surface area contributed by atoms with Crippen LogP contribution in [-0.2, 0) is 13.6 Å². The summed E-state index contributed by atoms with van der Waals surface area (Å²) in [6.45, 7) is 2.07. The Morgan fingerprint density at radius 2 is 1.89 bits per heavy atom. The maximum Gasteiger partial charge on any atom is 0.255 e. The summed E-state index contributed by atoms with van der Waals surface area (Å²) >= 11 is 0. The third-order valence-electron chi connectivity index (χ3n) is 4.78. The molecule has 0 aliphatic rings. The first-order valence-electron chi connectivity index (χ1n) is 8.93. The van der Waals surface area contributed by atoms with Gasteiger partial charge in [0.25, 0.3) is 5.91 Å². The van der Waals surface area contributed by atoms with Gasteiger partial charge in [0.1, 0.15) is 5.76 Å². The van der Waals surface area contributed by atoms with Crippen LogP contribution in [0.15, 0.2) is 70.0 Å². The maximum absolute atomic E-state index is 12.9. The summed E-state index contributed by atoms with van der Waals surface area (Å²) in [6.07, 6.45) is 1.67. The fourth-order valence-electron chi connectivity index (χ4n) is 3.19. The lowest BCUT2D eigenvalue weighted by Crippen LogP contribution is -2.24. The van der Waals surface area contributed by atoms with E-state index in [0.717, 1.165) is 11.3 Å². The molecule has 140 valence electrons. The predicted molar refractivity (Wildman–Crippen MR) is 107 cm³/mol. The van der Waals surface area contributed by atoms with E-state index in [9.17, 15) is 9.59 Å². The SMILES string of the molecule is Cc1c(-c2ccccc2)oc2c(C(=O)NCc3ccnn3C)cccc2c1=O. The second kappa shape index (κ2) is 7.15. The summed E-state index contributed by atoms with van der Waals surface area (Å²) in [5.74, 6) is 0.169. The molecule has 0 saturated heterocycles. The van der Waals surface area contributed by atoms with Crippen molar-refractivity contribution in [2.75, 3.05) is 0 Å². The van der Waals surface area contributed by atoms with Crippen molar-refractivity contribution < 1.29 is 9.21 Å². The number of benzene rings is 2. The smallest absolute Gasteiger partial charge is 0.255 e. The first kappa shape index (κ1) is 17.7. The van der Waals surface area contributed by atoms with Crippen molar-refractivity contribution in [2.24, 2.45) is 7.05 Å². The number of fused-ring (bicyclic) bond motifs is 1. The molecule has 6 heteroatoms. The number of rotatable bonds is 4. The summed E-state index contributed by atoms with van der Waals surface area (Å²) in [4.78, 5) is 25.7. The summed E-state index contributed by atoms with van der Waals surface area (Å²) in [6, 6.07) is 16.3. The molecule has 0 saturated carbocycles. The highest BCUT2D eigenvalue weighted by Gasteiger charge is 2.18. The van der Waals surface area contributed by atoms with Crippen molar-refractivity contribution in [3.8, 4) is 11.3 Å². The van der Waals surface area contributed by atoms with Crippen molar-refractivity contribution in [2.45, 2.75) is 13.5 Å². The van der Waals surface area contributed by atoms with Gasteiger partial charge in [-0.2, -0.15) is 5.10 Å². The van der Waals surface area contributed by atoms with E-state index >= 15 is 0 Å². The van der Waals surface area contributed by atoms with Crippen molar-refractivity contribution >= 4 is 16.9 Å². The molecule has 2 heterocycles. The lowest BCUT2D eigenvalue weighted by Gasteiger charge is -2.11. The van der Waals surface area contributed by atoms with Crippen LogP contribution in [0.3, 0.4) is 0 Å². The van der Waals surface area contributed by atoms with E-state index < -0.39 is 0 Å². The number of hydrogen-bond donors (Lipinski definition) is 1. The fourth-order valence-corrected chi connectivity index (χ4v) is 3.19. The van der Waals surface area contributed by atoms with Crippen LogP contribution in [0.5, 0.6) is 0 Å². The van der Waals surface area contributed by atoms with Crippen LogP contribution < -0.4 is 10.7 Å². The van der Waals surface area contributed by atoms with Gasteiger partial charge in [0.2, 0.25) is 0 Å². The van der Waals surface area contributed by atoms with Gasteiger partial charge in [-0.1, -0.05) is 36.4 Å². The van der Waals surface area contributed by atoms with Gasteiger partial charge in [0.15, 0.2) is 11.0 Å². The zero-order valence-electron chi connectivity index (χ0n) is 15.6. The predicted octanol–water partition coefficient (Wildman–Crippen LogP) is 3.43. The molecule has 0 aliphatic carbocycles. The number of carbonyl (C=O) groups is 1. The Hall–Kier alpha value is -3.67. The molecule has 4 aromatic rings. The molecule has 0 spiro atoms. The van der Waals surface area contributed by atoms with Gasteiger partial charge in [0, 0.05) is 24.4 Å². The molecule has 0 unspecified atom stereocenters. The molecule has 1 amide bonds. The molecule has 28 heavy (non-hydrogen) atoms. The third-order valence-corrected chi connectivity index (χ3v) is 4.78. The van der Waals surface area contributed by atoms with Gasteiger partial charge >= 0.3 is 0 Å². The zero-order valence-corrected chi connectivity index (χ0v) is 15.6. The Morgan fingerprint density at radius 3 is 2.61 bits per heavy atom. The van der Waals surface area contributed by atoms with Crippen LogP contribution in [0.25, 0.3) is 22.3 Å². The fraction of sp³-hybridized carbons (Fsp3) is 0.136. The monoisotopic (exact) mass is 373 g/mol. The van der Waals surface area contributed by atoms with Gasteiger partial charge < -0.3 is 9.73 Å². The van der Waals surface area contributed by atoms with E-state index in [0.29, 0.717) is 34.4 Å². The summed E-state index contributed by atoms with van der Waals surface area (Å²) in [5, 5.41) is 7.35. The zero-order chi connectivity index (χ0) is 19.7. The molecular weight excluding hydrogens is 354 g/mol. The van der Waals surface area contributed by atoms with E-state index in [1.54, 1.807) is 36.0 Å². The Labute approximate surface area is 161 Å². The summed E-state index contributed by atoms with van der Waals surface area (Å²) < 4.78 is 7.79. The van der Waals surface area contributed by atoms with Crippen LogP contribution in [-0.4, -0.2) is 15.7 Å². The minimum Gasteiger partial charge on any atom is -0.455 e. The number of aromatic nitrogens is 2. The van der Waals surface area contributed by atoms with E-state index in [1.165, 1.54) is 0 Å². The molecular formula is C22H19N3O3. The second-order valence-corrected chi connectivity index (χ2v) is 6.56. The molecule has 0 atom stereocenters. The Balaban J connectivity index is 1.79. The van der Waals surface area contributed by atoms with Crippen molar-refractivity contribution in [3.63, 3.8) is 0 Å². The van der Waals surface area contributed by atoms with Crippen molar-refractivity contribution in [1.82, 2.24) is 15.1 Å². The van der Waals surface area contributed by atoms with Crippen molar-refractivity contribution in [1.29, 1.82) is 0 Å². The summed E-state index contributed by atoms with van der Waals surface area (Å²) in [7, 11) is 1.81. The molecule has 4 rings (SSSR count). The Kier molecular flexibility index (Phi) is 4.53. The number of aryl methyl sites for hydroxylation is 1. The molecule has 0 bridgehead atoms. The van der Waals surface area contributed by atoms with Crippen LogP contribution in [0.4, 0.5) is 0 Å². The maximum atomic E-state index is 12.9. The standard InChI is InChI=1S/C22H19N3O3/c1-14-19(26)17-9-6-10-18(22(27)23-13-16-11-12-24-25(16)2)21(17)28-20(14)15-7-4-3-5-8-15/h3-12H,13H2,1-2H3,(H,23,27). The minimum absolute atomic E-state index is 0.138. The number of carbonyl (C=O) groups excluding carboxylic acids is 1. The molecule has 0 aliphatic heterocycles. The first-order valence-corrected chi connectivity index (χ1v) is 8.93. The second-order valence-electron chi connectivity index (χ2n) is 6.56. The van der Waals surface area contributed by atoms with Gasteiger partial charge in [-0.05, 0) is 25.1 Å². The average Bonchev–Trinajstić information content (AvgIpc) is 3.14. The molecule has 0 radical (unpaired) electrons. The van der Waals surface area contributed by atoms with E-state index in [2.05, 4.69) is 10.4 Å². The highest BCUT2D eigenvalue weighted by Crippen LogP contribution is 2.27. The van der Waals surface area contributed by atoms with Gasteiger partial charge in [-0.3, -0.25) is 14.3 Å². The van der Waals surface area contributed by atoms with Crippen LogP contribution >= 0.6 is 0 Å². The number of amides is 1. The van der Waals surface area contributed by atoms with E-state index in [-0.39, 0.29) is 11.3 Å². The summed E-state index contributed by atoms with van der Waals surface area (Å²) in [5.41, 5.74) is 2.67. The highest BCUT2D eigenvalue weighted by molar-refractivity contribution is 6.05. The normalized spacial score (nSPS) is 10.9. The first-order chi connectivity index (χ1) is 13.6. The van der Waals surface area contributed by atoms with Gasteiger partial charge in [-0.15, -0.1) is 0 Å². The number of hydrogen-bond acceptors (Lipinski definition) is 4. The lowest BCUT2D eigenvalue weighted by molar-refractivity contribution is 0.0950. The molecule has 6 nitrogen and oxygen atoms in total. The Morgan fingerprint density at radius 1 is 1.11 bits per heavy atom. The van der Waals surface area contributed by atoms with Crippen LogP contribution in [0, 0.1) is 6.92 Å². The molecule has 2 aromatic carbocycles. The van der Waals surface area contributed by atoms with Crippen LogP contribution in [0.2, 0.25) is 0 Å². The van der Waals surface area contributed by atoms with E-state index in [4.69, 9.17) is 4.42 Å². The van der Waals surface area contributed by atoms with Gasteiger partial charge in [-0.25, -0.2) is 0 Å². The lowest BCUT2D eigenvalue weighted by atomic mass is 10.0. The van der Waals surface area contributed by atoms with Gasteiger partial charge in [0.05, 0.1) is 23.2 Å². The molecule has 1 N–H and O–H groups in total. The minimum atomic E-state index is -0.308. The average molecular weight is 373 g/mol. The third kappa shape index (κ3) is 3.09. The van der Waals surface area contributed by atoms with Crippen molar-refractivity contribution in [3.05, 3.63) is 87.8 Å². The Bertz CT molecular complexity index is 1220. The van der Waals surface area contributed by atoms with Crippen LogP contribution in [0.1, 0.15) is 21.6 Å². The van der Waals surface area contributed by atoms with E-state index in [1.807, 2.05) is 43.4 Å². The number of para-hydroxylation sites is 1. The number of nitrogens with zero attached hydrogens (tertiary/aromatic N) is 2. The largest absolute Gasteiger partial charge is 0.455 e. The molecule has 0 fully saturated rings. The topological polar surface area (TPSA) is 77.1 Å². The molecule has 2 aromatic heterocycles. The number of nitrogens with one attached hydrogen (secondary N) is 1. The highest BCUT2D eigenvalue weighted by atomic mass is 16.3.